The Morgan fingerprint density at radius 2 is 2.25 bits per heavy atom. The Balaban J connectivity index is 1.70. The summed E-state index contributed by atoms with van der Waals surface area (Å²) >= 11 is 1.58. The van der Waals surface area contributed by atoms with Crippen LogP contribution in [-0.2, 0) is 11.3 Å². The molecule has 0 spiro atoms. The summed E-state index contributed by atoms with van der Waals surface area (Å²) in [6.45, 7) is 1.40. The smallest absolute Gasteiger partial charge is 0.344 e. The van der Waals surface area contributed by atoms with Gasteiger partial charge in [-0.25, -0.2) is 9.89 Å². The van der Waals surface area contributed by atoms with E-state index in [1.807, 2.05) is 30.3 Å². The third-order valence-corrected chi connectivity index (χ3v) is 4.44. The van der Waals surface area contributed by atoms with E-state index in [2.05, 4.69) is 10.2 Å². The van der Waals surface area contributed by atoms with Crippen molar-refractivity contribution in [3.63, 3.8) is 0 Å². The van der Waals surface area contributed by atoms with Crippen LogP contribution in [0.15, 0.2) is 40.3 Å². The van der Waals surface area contributed by atoms with Crippen LogP contribution in [0.3, 0.4) is 0 Å². The van der Waals surface area contributed by atoms with Crippen molar-refractivity contribution >= 4 is 11.8 Å². The van der Waals surface area contributed by atoms with Gasteiger partial charge in [-0.15, -0.1) is 5.10 Å². The number of hydrogen-bond acceptors (Lipinski definition) is 4. The molecule has 0 radical (unpaired) electrons. The molecular weight excluding hydrogens is 274 g/mol. The second-order valence-corrected chi connectivity index (χ2v) is 5.82. The number of nitrogens with one attached hydrogen (secondary N) is 1. The zero-order valence-electron chi connectivity index (χ0n) is 11.1. The molecule has 1 aromatic heterocycles. The topological polar surface area (TPSA) is 59.9 Å². The molecule has 2 aromatic rings. The molecule has 0 aliphatic carbocycles. The summed E-state index contributed by atoms with van der Waals surface area (Å²) in [5, 5.41) is 7.37. The zero-order chi connectivity index (χ0) is 13.8. The monoisotopic (exact) mass is 291 g/mol. The van der Waals surface area contributed by atoms with E-state index < -0.39 is 0 Å². The van der Waals surface area contributed by atoms with Crippen LogP contribution in [0, 0.1) is 0 Å². The summed E-state index contributed by atoms with van der Waals surface area (Å²) in [6.07, 6.45) is 2.51. The highest BCUT2D eigenvalue weighted by molar-refractivity contribution is 7.99. The second-order valence-electron chi connectivity index (χ2n) is 4.83. The summed E-state index contributed by atoms with van der Waals surface area (Å²) in [6, 6.07) is 9.93. The highest BCUT2D eigenvalue weighted by Gasteiger charge is 2.18. The predicted molar refractivity (Wildman–Crippen MR) is 78.1 cm³/mol. The van der Waals surface area contributed by atoms with Crippen molar-refractivity contribution in [2.24, 2.45) is 0 Å². The number of aromatic nitrogens is 3. The van der Waals surface area contributed by atoms with Crippen LogP contribution in [0.2, 0.25) is 0 Å². The Kier molecular flexibility index (Phi) is 4.22. The van der Waals surface area contributed by atoms with Crippen molar-refractivity contribution in [1.82, 2.24) is 14.8 Å². The molecule has 0 saturated carbocycles. The van der Waals surface area contributed by atoms with Gasteiger partial charge >= 0.3 is 5.69 Å². The minimum Gasteiger partial charge on any atom is -0.377 e. The Morgan fingerprint density at radius 1 is 1.40 bits per heavy atom. The summed E-state index contributed by atoms with van der Waals surface area (Å²) in [4.78, 5) is 11.8. The third-order valence-electron chi connectivity index (χ3n) is 3.33. The van der Waals surface area contributed by atoms with Crippen molar-refractivity contribution in [3.05, 3.63) is 46.4 Å². The van der Waals surface area contributed by atoms with Crippen LogP contribution in [0.5, 0.6) is 0 Å². The fraction of sp³-hybridized carbons (Fsp3) is 0.429. The van der Waals surface area contributed by atoms with Gasteiger partial charge in [-0.3, -0.25) is 4.57 Å². The lowest BCUT2D eigenvalue weighted by atomic mass is 10.2. The Bertz CT molecular complexity index is 602. The second kappa shape index (κ2) is 6.28. The molecule has 1 unspecified atom stereocenters. The lowest BCUT2D eigenvalue weighted by molar-refractivity contribution is 0.129. The SMILES string of the molecule is O=c1[nH]nc(SCC2CCCO2)n1Cc1ccccc1. The molecule has 1 saturated heterocycles. The average Bonchev–Trinajstić information content (AvgIpc) is 3.10. The summed E-state index contributed by atoms with van der Waals surface area (Å²) in [5.74, 6) is 0.846. The largest absolute Gasteiger partial charge is 0.377 e. The van der Waals surface area contributed by atoms with E-state index >= 15 is 0 Å². The summed E-state index contributed by atoms with van der Waals surface area (Å²) in [7, 11) is 0. The zero-order valence-corrected chi connectivity index (χ0v) is 11.9. The fourth-order valence-corrected chi connectivity index (χ4v) is 3.27. The summed E-state index contributed by atoms with van der Waals surface area (Å²) < 4.78 is 7.27. The van der Waals surface area contributed by atoms with Crippen LogP contribution >= 0.6 is 11.8 Å². The average molecular weight is 291 g/mol. The Labute approximate surface area is 121 Å². The van der Waals surface area contributed by atoms with E-state index in [0.717, 1.165) is 35.9 Å². The number of hydrogen-bond donors (Lipinski definition) is 1. The fourth-order valence-electron chi connectivity index (χ4n) is 2.26. The quantitative estimate of drug-likeness (QED) is 0.855. The number of thioether (sulfide) groups is 1. The number of ether oxygens (including phenoxy) is 1. The number of rotatable bonds is 5. The maximum Gasteiger partial charge on any atom is 0.344 e. The van der Waals surface area contributed by atoms with Gasteiger partial charge in [-0.2, -0.15) is 0 Å². The van der Waals surface area contributed by atoms with E-state index in [9.17, 15) is 4.79 Å². The molecule has 1 aliphatic heterocycles. The van der Waals surface area contributed by atoms with Gasteiger partial charge in [0.05, 0.1) is 12.6 Å². The van der Waals surface area contributed by atoms with Crippen LogP contribution in [-0.4, -0.2) is 33.2 Å². The molecule has 5 nitrogen and oxygen atoms in total. The van der Waals surface area contributed by atoms with E-state index in [0.29, 0.717) is 6.54 Å². The van der Waals surface area contributed by atoms with Crippen molar-refractivity contribution < 1.29 is 4.74 Å². The first-order valence-corrected chi connectivity index (χ1v) is 7.75. The minimum atomic E-state index is -0.163. The van der Waals surface area contributed by atoms with Crippen LogP contribution < -0.4 is 5.69 Å². The molecular formula is C14H17N3O2S. The van der Waals surface area contributed by atoms with E-state index in [-0.39, 0.29) is 11.8 Å². The number of nitrogens with zero attached hydrogens (tertiary/aromatic N) is 2. The van der Waals surface area contributed by atoms with E-state index in [4.69, 9.17) is 4.74 Å². The molecule has 1 aromatic carbocycles. The molecule has 1 N–H and O–H groups in total. The normalized spacial score (nSPS) is 18.5. The van der Waals surface area contributed by atoms with Crippen LogP contribution in [0.4, 0.5) is 0 Å². The van der Waals surface area contributed by atoms with Crippen LogP contribution in [0.1, 0.15) is 18.4 Å². The highest BCUT2D eigenvalue weighted by atomic mass is 32.2. The van der Waals surface area contributed by atoms with Gasteiger partial charge in [0, 0.05) is 12.4 Å². The molecule has 2 heterocycles. The molecule has 1 fully saturated rings. The number of aromatic amines is 1. The maximum absolute atomic E-state index is 11.8. The van der Waals surface area contributed by atoms with Gasteiger partial charge in [0.25, 0.3) is 0 Å². The van der Waals surface area contributed by atoms with Gasteiger partial charge in [-0.1, -0.05) is 42.1 Å². The number of benzene rings is 1. The molecule has 1 aliphatic rings. The molecule has 3 rings (SSSR count). The van der Waals surface area contributed by atoms with Gasteiger partial charge in [0.1, 0.15) is 0 Å². The minimum absolute atomic E-state index is 0.163. The molecule has 0 bridgehead atoms. The van der Waals surface area contributed by atoms with E-state index in [1.165, 1.54) is 0 Å². The molecule has 20 heavy (non-hydrogen) atoms. The standard InChI is InChI=1S/C14H17N3O2S/c18-13-15-16-14(20-10-12-7-4-8-19-12)17(13)9-11-5-2-1-3-6-11/h1-3,5-6,12H,4,7-10H2,(H,15,18). The molecule has 6 heteroatoms. The Hall–Kier alpha value is -1.53. The first kappa shape index (κ1) is 13.5. The first-order valence-electron chi connectivity index (χ1n) is 6.76. The van der Waals surface area contributed by atoms with Gasteiger partial charge in [0.15, 0.2) is 5.16 Å². The number of H-pyrrole nitrogens is 1. The van der Waals surface area contributed by atoms with E-state index in [1.54, 1.807) is 16.3 Å². The molecule has 106 valence electrons. The van der Waals surface area contributed by atoms with Gasteiger partial charge in [-0.05, 0) is 18.4 Å². The van der Waals surface area contributed by atoms with Crippen molar-refractivity contribution in [2.45, 2.75) is 30.6 Å². The lowest BCUT2D eigenvalue weighted by Gasteiger charge is -2.09. The molecule has 0 amide bonds. The van der Waals surface area contributed by atoms with Crippen molar-refractivity contribution in [1.29, 1.82) is 0 Å². The highest BCUT2D eigenvalue weighted by Crippen LogP contribution is 2.21. The first-order chi connectivity index (χ1) is 9.83. The maximum atomic E-state index is 11.8. The summed E-state index contributed by atoms with van der Waals surface area (Å²) in [5.41, 5.74) is 0.929. The molecule has 1 atom stereocenters. The van der Waals surface area contributed by atoms with Crippen LogP contribution in [0.25, 0.3) is 0 Å². The van der Waals surface area contributed by atoms with Gasteiger partial charge in [0.2, 0.25) is 0 Å². The Morgan fingerprint density at radius 3 is 3.00 bits per heavy atom. The predicted octanol–water partition coefficient (Wildman–Crippen LogP) is 1.89. The van der Waals surface area contributed by atoms with Crippen molar-refractivity contribution in [3.8, 4) is 0 Å². The van der Waals surface area contributed by atoms with Gasteiger partial charge < -0.3 is 4.74 Å². The van der Waals surface area contributed by atoms with Crippen molar-refractivity contribution in [2.75, 3.05) is 12.4 Å². The third kappa shape index (κ3) is 3.13. The lowest BCUT2D eigenvalue weighted by Crippen LogP contribution is -2.18.